The van der Waals surface area contributed by atoms with Gasteiger partial charge in [0.15, 0.2) is 5.82 Å². The summed E-state index contributed by atoms with van der Waals surface area (Å²) >= 11 is 0. The topological polar surface area (TPSA) is 47.9 Å². The highest BCUT2D eigenvalue weighted by Gasteiger charge is 2.39. The Morgan fingerprint density at radius 1 is 1.00 bits per heavy atom. The van der Waals surface area contributed by atoms with Crippen LogP contribution in [0, 0.1) is 5.92 Å². The highest BCUT2D eigenvalue weighted by Crippen LogP contribution is 2.29. The van der Waals surface area contributed by atoms with Gasteiger partial charge in [-0.05, 0) is 32.2 Å². The number of carbonyl (C=O) groups is 1. The highest BCUT2D eigenvalue weighted by molar-refractivity contribution is 5.97. The van der Waals surface area contributed by atoms with Crippen molar-refractivity contribution in [2.75, 3.05) is 57.8 Å². The lowest BCUT2D eigenvalue weighted by Crippen LogP contribution is -2.60. The second kappa shape index (κ2) is 7.89. The number of rotatable bonds is 3. The normalized spacial score (nSPS) is 32.2. The van der Waals surface area contributed by atoms with Crippen molar-refractivity contribution in [1.29, 1.82) is 0 Å². The molecule has 1 aromatic rings. The number of hydrogen-bond acceptors (Lipinski definition) is 5. The van der Waals surface area contributed by atoms with E-state index >= 15 is 0 Å². The Morgan fingerprint density at radius 3 is 2.44 bits per heavy atom. The molecule has 3 atom stereocenters. The molecule has 3 fully saturated rings. The molecule has 0 bridgehead atoms. The summed E-state index contributed by atoms with van der Waals surface area (Å²) in [6.45, 7) is 9.94. The highest BCUT2D eigenvalue weighted by atomic mass is 16.2. The molecule has 27 heavy (non-hydrogen) atoms. The minimum atomic E-state index is 0.0247. The van der Waals surface area contributed by atoms with Gasteiger partial charge in [0, 0.05) is 71.2 Å². The van der Waals surface area contributed by atoms with Crippen LogP contribution in [0.5, 0.6) is 0 Å². The lowest BCUT2D eigenvalue weighted by atomic mass is 9.89. The molecular formula is C20H34N6O. The number of hydrogen-bond donors (Lipinski definition) is 0. The molecule has 150 valence electrons. The van der Waals surface area contributed by atoms with E-state index in [-0.39, 0.29) is 11.9 Å². The van der Waals surface area contributed by atoms with Crippen LogP contribution in [0.2, 0.25) is 0 Å². The van der Waals surface area contributed by atoms with E-state index in [4.69, 9.17) is 0 Å². The average molecular weight is 375 g/mol. The smallest absolute Gasteiger partial charge is 0.245 e. The molecule has 3 aliphatic heterocycles. The standard InChI is InChI=1S/C20H34N6O/c1-16-15-25(10-6-17(16)24-13-11-22(2)12-14-24)18-5-4-8-26(20(18)27)19-7-9-23(3)21-19/h7,9,16-18H,4-6,8,10-15H2,1-3H3/t16-,17-,18-/m1/s1. The van der Waals surface area contributed by atoms with Crippen LogP contribution in [-0.4, -0.2) is 95.3 Å². The van der Waals surface area contributed by atoms with Crippen LogP contribution in [0.3, 0.4) is 0 Å². The molecule has 0 radical (unpaired) electrons. The Morgan fingerprint density at radius 2 is 1.78 bits per heavy atom. The van der Waals surface area contributed by atoms with Gasteiger partial charge in [-0.2, -0.15) is 5.10 Å². The molecule has 4 rings (SSSR count). The van der Waals surface area contributed by atoms with Gasteiger partial charge in [0.1, 0.15) is 0 Å². The van der Waals surface area contributed by atoms with Gasteiger partial charge in [-0.25, -0.2) is 0 Å². The van der Waals surface area contributed by atoms with Gasteiger partial charge in [0.2, 0.25) is 5.91 Å². The Bertz CT molecular complexity index is 653. The van der Waals surface area contributed by atoms with Gasteiger partial charge < -0.3 is 4.90 Å². The third-order valence-electron chi connectivity index (χ3n) is 6.73. The van der Waals surface area contributed by atoms with Crippen molar-refractivity contribution in [2.45, 2.75) is 38.3 Å². The summed E-state index contributed by atoms with van der Waals surface area (Å²) in [5.74, 6) is 1.65. The number of amides is 1. The Hall–Kier alpha value is -1.44. The number of aromatic nitrogens is 2. The number of carbonyl (C=O) groups excluding carboxylic acids is 1. The van der Waals surface area contributed by atoms with Gasteiger partial charge in [-0.3, -0.25) is 24.2 Å². The minimum absolute atomic E-state index is 0.0247. The van der Waals surface area contributed by atoms with E-state index < -0.39 is 0 Å². The summed E-state index contributed by atoms with van der Waals surface area (Å²) in [7, 11) is 4.12. The molecule has 3 saturated heterocycles. The van der Waals surface area contributed by atoms with E-state index in [1.165, 1.54) is 32.6 Å². The average Bonchev–Trinajstić information content (AvgIpc) is 3.09. The molecule has 7 heteroatoms. The SMILES string of the molecule is C[C@@H]1CN([C@@H]2CCCN(c3ccn(C)n3)C2=O)CC[C@H]1N1CCN(C)CC1. The summed E-state index contributed by atoms with van der Waals surface area (Å²) < 4.78 is 1.77. The van der Waals surface area contributed by atoms with Crippen molar-refractivity contribution in [1.82, 2.24) is 24.5 Å². The molecule has 0 aliphatic carbocycles. The molecule has 7 nitrogen and oxygen atoms in total. The summed E-state index contributed by atoms with van der Waals surface area (Å²) in [6.07, 6.45) is 5.13. The van der Waals surface area contributed by atoms with Crippen molar-refractivity contribution < 1.29 is 4.79 Å². The summed E-state index contributed by atoms with van der Waals surface area (Å²) in [5.41, 5.74) is 0. The van der Waals surface area contributed by atoms with Crippen molar-refractivity contribution in [2.24, 2.45) is 13.0 Å². The first kappa shape index (κ1) is 18.9. The first-order valence-corrected chi connectivity index (χ1v) is 10.5. The van der Waals surface area contributed by atoms with Crippen molar-refractivity contribution >= 4 is 11.7 Å². The molecule has 0 saturated carbocycles. The second-order valence-electron chi connectivity index (χ2n) is 8.66. The zero-order valence-corrected chi connectivity index (χ0v) is 17.0. The zero-order chi connectivity index (χ0) is 19.0. The maximum absolute atomic E-state index is 13.2. The molecule has 0 unspecified atom stereocenters. The zero-order valence-electron chi connectivity index (χ0n) is 17.0. The number of piperidine rings is 2. The van der Waals surface area contributed by atoms with E-state index in [0.717, 1.165) is 38.3 Å². The van der Waals surface area contributed by atoms with Crippen LogP contribution >= 0.6 is 0 Å². The molecule has 4 heterocycles. The number of piperazine rings is 1. The van der Waals surface area contributed by atoms with E-state index in [1.54, 1.807) is 4.68 Å². The monoisotopic (exact) mass is 374 g/mol. The number of nitrogens with zero attached hydrogens (tertiary/aromatic N) is 6. The summed E-state index contributed by atoms with van der Waals surface area (Å²) in [5, 5.41) is 4.45. The van der Waals surface area contributed by atoms with Gasteiger partial charge in [0.05, 0.1) is 6.04 Å². The first-order chi connectivity index (χ1) is 13.0. The molecule has 0 spiro atoms. The number of likely N-dealkylation sites (N-methyl/N-ethyl adjacent to an activating group) is 1. The van der Waals surface area contributed by atoms with Crippen molar-refractivity contribution in [3.63, 3.8) is 0 Å². The fraction of sp³-hybridized carbons (Fsp3) is 0.800. The molecule has 0 N–H and O–H groups in total. The van der Waals surface area contributed by atoms with Crippen LogP contribution in [0.15, 0.2) is 12.3 Å². The summed E-state index contributed by atoms with van der Waals surface area (Å²) in [4.78, 5) is 22.6. The van der Waals surface area contributed by atoms with Crippen LogP contribution in [0.4, 0.5) is 5.82 Å². The van der Waals surface area contributed by atoms with Gasteiger partial charge in [-0.15, -0.1) is 0 Å². The third kappa shape index (κ3) is 3.91. The van der Waals surface area contributed by atoms with E-state index in [0.29, 0.717) is 12.0 Å². The van der Waals surface area contributed by atoms with Crippen LogP contribution in [-0.2, 0) is 11.8 Å². The maximum Gasteiger partial charge on any atom is 0.245 e. The number of aryl methyl sites for hydroxylation is 1. The Labute approximate surface area is 162 Å². The maximum atomic E-state index is 13.2. The van der Waals surface area contributed by atoms with E-state index in [2.05, 4.69) is 33.8 Å². The molecule has 0 aromatic carbocycles. The fourth-order valence-corrected chi connectivity index (χ4v) is 5.11. The van der Waals surface area contributed by atoms with Crippen LogP contribution < -0.4 is 4.90 Å². The predicted octanol–water partition coefficient (Wildman–Crippen LogP) is 0.873. The van der Waals surface area contributed by atoms with Crippen molar-refractivity contribution in [3.8, 4) is 0 Å². The van der Waals surface area contributed by atoms with Crippen LogP contribution in [0.1, 0.15) is 26.2 Å². The Kier molecular flexibility index (Phi) is 5.53. The molecule has 1 aromatic heterocycles. The van der Waals surface area contributed by atoms with Gasteiger partial charge in [-0.1, -0.05) is 6.92 Å². The quantitative estimate of drug-likeness (QED) is 0.786. The Balaban J connectivity index is 1.38. The molecule has 1 amide bonds. The lowest BCUT2D eigenvalue weighted by Gasteiger charge is -2.48. The minimum Gasteiger partial charge on any atom is -0.304 e. The van der Waals surface area contributed by atoms with Crippen molar-refractivity contribution in [3.05, 3.63) is 12.3 Å². The predicted molar refractivity (Wildman–Crippen MR) is 107 cm³/mol. The largest absolute Gasteiger partial charge is 0.304 e. The number of likely N-dealkylation sites (tertiary alicyclic amines) is 1. The first-order valence-electron chi connectivity index (χ1n) is 10.5. The van der Waals surface area contributed by atoms with Gasteiger partial charge in [0.25, 0.3) is 0 Å². The van der Waals surface area contributed by atoms with Gasteiger partial charge >= 0.3 is 0 Å². The number of anilines is 1. The molecule has 3 aliphatic rings. The lowest BCUT2D eigenvalue weighted by molar-refractivity contribution is -0.126. The second-order valence-corrected chi connectivity index (χ2v) is 8.66. The van der Waals surface area contributed by atoms with E-state index in [9.17, 15) is 4.79 Å². The fourth-order valence-electron chi connectivity index (χ4n) is 5.11. The van der Waals surface area contributed by atoms with Crippen LogP contribution in [0.25, 0.3) is 0 Å². The van der Waals surface area contributed by atoms with E-state index in [1.807, 2.05) is 24.2 Å². The molecular weight excluding hydrogens is 340 g/mol. The summed E-state index contributed by atoms with van der Waals surface area (Å²) in [6, 6.07) is 2.64. The third-order valence-corrected chi connectivity index (χ3v) is 6.73.